The maximum atomic E-state index is 12.9. The van der Waals surface area contributed by atoms with E-state index < -0.39 is 0 Å². The first kappa shape index (κ1) is 22.8. The number of nitrogens with one attached hydrogen (secondary N) is 2. The number of hydrogen-bond donors (Lipinski definition) is 2. The van der Waals surface area contributed by atoms with E-state index in [9.17, 15) is 4.79 Å². The van der Waals surface area contributed by atoms with Crippen LogP contribution in [0.4, 0.5) is 0 Å². The van der Waals surface area contributed by atoms with E-state index in [1.165, 1.54) is 36.0 Å². The van der Waals surface area contributed by atoms with Gasteiger partial charge in [-0.05, 0) is 123 Å². The molecule has 1 aliphatic heterocycles. The van der Waals surface area contributed by atoms with Crippen LogP contribution in [0.25, 0.3) is 0 Å². The molecule has 5 aliphatic rings. The molecule has 5 heteroatoms. The zero-order valence-corrected chi connectivity index (χ0v) is 21.1. The zero-order valence-electron chi connectivity index (χ0n) is 21.1. The van der Waals surface area contributed by atoms with Crippen LogP contribution in [-0.2, 0) is 24.0 Å². The van der Waals surface area contributed by atoms with Gasteiger partial charge in [0.25, 0.3) is 5.91 Å². The molecule has 1 saturated heterocycles. The number of hydrogen-bond acceptors (Lipinski definition) is 4. The highest BCUT2D eigenvalue weighted by Crippen LogP contribution is 2.81. The molecule has 7 rings (SSSR count). The highest BCUT2D eigenvalue weighted by atomic mass is 16.5. The fourth-order valence-electron chi connectivity index (χ4n) is 7.66. The summed E-state index contributed by atoms with van der Waals surface area (Å²) in [5, 5.41) is 7.13. The van der Waals surface area contributed by atoms with Crippen molar-refractivity contribution in [1.82, 2.24) is 10.6 Å². The maximum Gasteiger partial charge on any atom is 0.251 e. The van der Waals surface area contributed by atoms with Crippen LogP contribution in [-0.4, -0.2) is 43.9 Å². The van der Waals surface area contributed by atoms with E-state index in [2.05, 4.69) is 28.8 Å². The molecule has 4 aliphatic carbocycles. The number of ether oxygens (including phenoxy) is 2. The second-order valence-corrected chi connectivity index (χ2v) is 11.9. The lowest BCUT2D eigenvalue weighted by Crippen LogP contribution is -2.38. The fraction of sp³-hybridized carbons (Fsp3) is 0.581. The van der Waals surface area contributed by atoms with Crippen molar-refractivity contribution in [3.63, 3.8) is 0 Å². The minimum absolute atomic E-state index is 0.000895. The lowest BCUT2D eigenvalue weighted by molar-refractivity contribution is 0.0679. The van der Waals surface area contributed by atoms with E-state index in [-0.39, 0.29) is 18.1 Å². The monoisotopic (exact) mass is 486 g/mol. The molecule has 1 spiro atoms. The van der Waals surface area contributed by atoms with Crippen LogP contribution in [0.5, 0.6) is 5.75 Å². The highest BCUT2D eigenvalue weighted by molar-refractivity contribution is 5.94. The van der Waals surface area contributed by atoms with Crippen LogP contribution in [0, 0.1) is 17.3 Å². The van der Waals surface area contributed by atoms with Crippen molar-refractivity contribution in [2.45, 2.75) is 76.0 Å². The van der Waals surface area contributed by atoms with Crippen molar-refractivity contribution in [3.05, 3.63) is 64.7 Å². The Hall–Kier alpha value is -2.37. The Kier molecular flexibility index (Phi) is 5.81. The molecule has 0 bridgehead atoms. The molecule has 1 amide bonds. The van der Waals surface area contributed by atoms with E-state index in [0.717, 1.165) is 80.7 Å². The predicted molar refractivity (Wildman–Crippen MR) is 139 cm³/mol. The Balaban J connectivity index is 0.877. The summed E-state index contributed by atoms with van der Waals surface area (Å²) in [5.41, 5.74) is 5.74. The van der Waals surface area contributed by atoms with Gasteiger partial charge in [0, 0.05) is 24.3 Å². The van der Waals surface area contributed by atoms with Crippen molar-refractivity contribution in [1.29, 1.82) is 0 Å². The molecular weight excluding hydrogens is 448 g/mol. The predicted octanol–water partition coefficient (Wildman–Crippen LogP) is 4.46. The fourth-order valence-corrected chi connectivity index (χ4v) is 7.66. The molecule has 2 aromatic rings. The molecule has 36 heavy (non-hydrogen) atoms. The SMILES string of the molecule is O=C(N[C@H]1CCc2cc(CCN[C@@H]3[C@@H]4CC[C@@H]5CC534)ccc2C1)c1ccc(OC[C@@H]2CCCO2)cc1. The van der Waals surface area contributed by atoms with Crippen molar-refractivity contribution in [3.8, 4) is 5.75 Å². The summed E-state index contributed by atoms with van der Waals surface area (Å²) in [6.45, 7) is 2.51. The van der Waals surface area contributed by atoms with Gasteiger partial charge in [-0.15, -0.1) is 0 Å². The molecule has 1 heterocycles. The van der Waals surface area contributed by atoms with Gasteiger partial charge in [0.05, 0.1) is 6.10 Å². The summed E-state index contributed by atoms with van der Waals surface area (Å²) < 4.78 is 11.4. The third kappa shape index (κ3) is 4.24. The van der Waals surface area contributed by atoms with Crippen molar-refractivity contribution in [2.75, 3.05) is 19.8 Å². The number of fused-ring (bicyclic) bond motifs is 1. The van der Waals surface area contributed by atoms with Crippen LogP contribution in [0.3, 0.4) is 0 Å². The third-order valence-electron chi connectivity index (χ3n) is 9.78. The normalized spacial score (nSPS) is 33.4. The van der Waals surface area contributed by atoms with Crippen LogP contribution in [0.1, 0.15) is 65.6 Å². The van der Waals surface area contributed by atoms with Gasteiger partial charge >= 0.3 is 0 Å². The lowest BCUT2D eigenvalue weighted by Gasteiger charge is -2.26. The summed E-state index contributed by atoms with van der Waals surface area (Å²) >= 11 is 0. The van der Waals surface area contributed by atoms with E-state index in [0.29, 0.717) is 12.2 Å². The lowest BCUT2D eigenvalue weighted by atomic mass is 9.86. The van der Waals surface area contributed by atoms with Gasteiger partial charge in [0.1, 0.15) is 12.4 Å². The smallest absolute Gasteiger partial charge is 0.251 e. The van der Waals surface area contributed by atoms with Gasteiger partial charge in [-0.3, -0.25) is 4.79 Å². The first-order chi connectivity index (χ1) is 17.7. The maximum absolute atomic E-state index is 12.9. The second-order valence-electron chi connectivity index (χ2n) is 11.9. The highest BCUT2D eigenvalue weighted by Gasteiger charge is 2.80. The van der Waals surface area contributed by atoms with Gasteiger partial charge in [-0.2, -0.15) is 0 Å². The van der Waals surface area contributed by atoms with Gasteiger partial charge in [0.2, 0.25) is 0 Å². The minimum atomic E-state index is -0.000895. The van der Waals surface area contributed by atoms with Gasteiger partial charge < -0.3 is 20.1 Å². The van der Waals surface area contributed by atoms with Crippen molar-refractivity contribution in [2.24, 2.45) is 17.3 Å². The molecule has 2 N–H and O–H groups in total. The van der Waals surface area contributed by atoms with Crippen molar-refractivity contribution < 1.29 is 14.3 Å². The Morgan fingerprint density at radius 3 is 2.75 bits per heavy atom. The number of aryl methyl sites for hydroxylation is 1. The molecule has 4 fully saturated rings. The second kappa shape index (κ2) is 9.18. The summed E-state index contributed by atoms with van der Waals surface area (Å²) in [7, 11) is 0. The van der Waals surface area contributed by atoms with Gasteiger partial charge in [-0.1, -0.05) is 18.2 Å². The topological polar surface area (TPSA) is 59.6 Å². The van der Waals surface area contributed by atoms with Crippen LogP contribution in [0.15, 0.2) is 42.5 Å². The van der Waals surface area contributed by atoms with E-state index in [4.69, 9.17) is 9.47 Å². The average Bonchev–Trinajstić information content (AvgIpc) is 3.59. The summed E-state index contributed by atoms with van der Waals surface area (Å²) in [4.78, 5) is 12.9. The molecule has 6 atom stereocenters. The number of carbonyl (C=O) groups excluding carboxylic acids is 1. The number of benzene rings is 2. The average molecular weight is 487 g/mol. The number of carbonyl (C=O) groups is 1. The van der Waals surface area contributed by atoms with E-state index in [1.807, 2.05) is 24.3 Å². The largest absolute Gasteiger partial charge is 0.491 e. The van der Waals surface area contributed by atoms with Crippen LogP contribution in [0.2, 0.25) is 0 Å². The van der Waals surface area contributed by atoms with Gasteiger partial charge in [0.15, 0.2) is 0 Å². The number of rotatable bonds is 9. The minimum Gasteiger partial charge on any atom is -0.491 e. The van der Waals surface area contributed by atoms with Crippen LogP contribution < -0.4 is 15.4 Å². The first-order valence-electron chi connectivity index (χ1n) is 14.2. The Morgan fingerprint density at radius 1 is 1.06 bits per heavy atom. The molecule has 3 saturated carbocycles. The molecule has 5 nitrogen and oxygen atoms in total. The van der Waals surface area contributed by atoms with Gasteiger partial charge in [-0.25, -0.2) is 0 Å². The zero-order chi connectivity index (χ0) is 24.1. The summed E-state index contributed by atoms with van der Waals surface area (Å²) in [6, 6.07) is 15.5. The summed E-state index contributed by atoms with van der Waals surface area (Å²) in [5.74, 6) is 2.85. The van der Waals surface area contributed by atoms with E-state index in [1.54, 1.807) is 0 Å². The standard InChI is InChI=1S/C31H38N2O3/c34-30(21-6-10-26(11-7-21)36-19-27-2-1-15-35-27)33-25-9-5-22-16-20(3-4-23(22)17-25)13-14-32-29-28-12-8-24-18-31(24,28)29/h3-4,6-7,10-11,16,24-25,27-29,32H,1-2,5,8-9,12-15,17-19H2,(H,33,34)/t24-,25+,27+,28+,29-,31?/m1/s1. The van der Waals surface area contributed by atoms with E-state index >= 15 is 0 Å². The Bertz CT molecular complexity index is 1130. The molecule has 0 aromatic heterocycles. The molecule has 0 radical (unpaired) electrons. The van der Waals surface area contributed by atoms with Crippen molar-refractivity contribution >= 4 is 5.91 Å². The molecule has 190 valence electrons. The summed E-state index contributed by atoms with van der Waals surface area (Å²) in [6.07, 6.45) is 10.9. The quantitative estimate of drug-likeness (QED) is 0.549. The molecule has 1 unspecified atom stereocenters. The Morgan fingerprint density at radius 2 is 1.97 bits per heavy atom. The van der Waals surface area contributed by atoms with Crippen LogP contribution >= 0.6 is 0 Å². The first-order valence-corrected chi connectivity index (χ1v) is 14.2. The number of amides is 1. The third-order valence-corrected chi connectivity index (χ3v) is 9.78. The Labute approximate surface area is 214 Å². The molecular formula is C31H38N2O3. The molecule has 2 aromatic carbocycles.